The van der Waals surface area contributed by atoms with Crippen molar-refractivity contribution in [1.29, 1.82) is 0 Å². The first kappa shape index (κ1) is 13.5. The molecule has 1 aliphatic carbocycles. The second-order valence-electron chi connectivity index (χ2n) is 5.40. The Morgan fingerprint density at radius 2 is 1.88 bits per heavy atom. The Labute approximate surface area is 99.1 Å². The topological polar surface area (TPSA) is 29.5 Å². The molecule has 1 amide bonds. The summed E-state index contributed by atoms with van der Waals surface area (Å²) in [5.41, 5.74) is 0. The van der Waals surface area contributed by atoms with E-state index >= 15 is 0 Å². The van der Waals surface area contributed by atoms with Crippen LogP contribution >= 0.6 is 0 Å². The molecule has 0 bridgehead atoms. The molecule has 0 aromatic heterocycles. The van der Waals surface area contributed by atoms with Gasteiger partial charge in [-0.15, -0.1) is 0 Å². The maximum absolute atomic E-state index is 12.0. The molecule has 1 fully saturated rings. The number of likely N-dealkylation sites (N-methyl/N-ethyl adjacent to an activating group) is 1. The summed E-state index contributed by atoms with van der Waals surface area (Å²) in [4.78, 5) is 13.9. The van der Waals surface area contributed by atoms with Gasteiger partial charge in [-0.25, -0.2) is 0 Å². The lowest BCUT2D eigenvalue weighted by atomic mass is 10.2. The van der Waals surface area contributed by atoms with Gasteiger partial charge in [-0.05, 0) is 38.5 Å². The van der Waals surface area contributed by atoms with Gasteiger partial charge >= 0.3 is 0 Å². The van der Waals surface area contributed by atoms with Crippen molar-refractivity contribution in [3.63, 3.8) is 0 Å². The number of rotatable bonds is 6. The van der Waals surface area contributed by atoms with Gasteiger partial charge in [0.25, 0.3) is 5.91 Å². The lowest BCUT2D eigenvalue weighted by molar-refractivity contribution is -0.144. The minimum Gasteiger partial charge on any atom is -0.368 e. The average Bonchev–Trinajstić information content (AvgIpc) is 3.06. The third-order valence-corrected chi connectivity index (χ3v) is 3.29. The van der Waals surface area contributed by atoms with Crippen LogP contribution in [0.4, 0.5) is 0 Å². The number of carbonyl (C=O) groups is 1. The highest BCUT2D eigenvalue weighted by Crippen LogP contribution is 2.34. The van der Waals surface area contributed by atoms with E-state index in [-0.39, 0.29) is 12.0 Å². The lowest BCUT2D eigenvalue weighted by Crippen LogP contribution is -2.42. The Morgan fingerprint density at radius 3 is 2.31 bits per heavy atom. The number of carbonyl (C=O) groups excluding carboxylic acids is 1. The highest BCUT2D eigenvalue weighted by molar-refractivity contribution is 5.80. The first-order chi connectivity index (χ1) is 7.43. The summed E-state index contributed by atoms with van der Waals surface area (Å²) in [5.74, 6) is 1.30. The molecule has 94 valence electrons. The van der Waals surface area contributed by atoms with Crippen LogP contribution in [0, 0.1) is 11.8 Å². The molecule has 3 nitrogen and oxygen atoms in total. The predicted molar refractivity (Wildman–Crippen MR) is 65.2 cm³/mol. The van der Waals surface area contributed by atoms with Gasteiger partial charge in [0.05, 0.1) is 0 Å². The van der Waals surface area contributed by atoms with Crippen LogP contribution in [-0.2, 0) is 9.53 Å². The van der Waals surface area contributed by atoms with E-state index in [4.69, 9.17) is 4.74 Å². The van der Waals surface area contributed by atoms with Crippen LogP contribution in [0.15, 0.2) is 0 Å². The van der Waals surface area contributed by atoms with Gasteiger partial charge in [0.15, 0.2) is 0 Å². The Hall–Kier alpha value is -0.570. The summed E-state index contributed by atoms with van der Waals surface area (Å²) < 4.78 is 5.55. The Bertz CT molecular complexity index is 236. The molecule has 16 heavy (non-hydrogen) atoms. The number of ether oxygens (including phenoxy) is 1. The molecule has 0 N–H and O–H groups in total. The number of hydrogen-bond acceptors (Lipinski definition) is 2. The SMILES string of the molecule is CC(C)CO[C@@H](C)C(=O)N(C)[C@@H](C)C1CC1. The van der Waals surface area contributed by atoms with Crippen molar-refractivity contribution in [2.45, 2.75) is 52.7 Å². The van der Waals surface area contributed by atoms with Crippen molar-refractivity contribution in [3.8, 4) is 0 Å². The molecule has 0 saturated heterocycles. The van der Waals surface area contributed by atoms with Crippen molar-refractivity contribution in [2.24, 2.45) is 11.8 Å². The lowest BCUT2D eigenvalue weighted by Gasteiger charge is -2.28. The van der Waals surface area contributed by atoms with E-state index in [0.717, 1.165) is 0 Å². The minimum atomic E-state index is -0.311. The van der Waals surface area contributed by atoms with Crippen LogP contribution in [0.1, 0.15) is 40.5 Å². The van der Waals surface area contributed by atoms with Crippen molar-refractivity contribution < 1.29 is 9.53 Å². The third-order valence-electron chi connectivity index (χ3n) is 3.29. The smallest absolute Gasteiger partial charge is 0.251 e. The van der Waals surface area contributed by atoms with Gasteiger partial charge in [-0.1, -0.05) is 13.8 Å². The molecule has 0 aromatic carbocycles. The first-order valence-electron chi connectivity index (χ1n) is 6.31. The molecule has 1 rings (SSSR count). The zero-order valence-corrected chi connectivity index (χ0v) is 11.2. The van der Waals surface area contributed by atoms with Gasteiger partial charge in [-0.2, -0.15) is 0 Å². The molecule has 1 saturated carbocycles. The van der Waals surface area contributed by atoms with Crippen LogP contribution < -0.4 is 0 Å². The van der Waals surface area contributed by atoms with Crippen LogP contribution in [0.5, 0.6) is 0 Å². The van der Waals surface area contributed by atoms with Crippen LogP contribution in [0.3, 0.4) is 0 Å². The van der Waals surface area contributed by atoms with Gasteiger partial charge in [0.1, 0.15) is 6.10 Å². The Kier molecular flexibility index (Phi) is 4.78. The highest BCUT2D eigenvalue weighted by Gasteiger charge is 2.33. The van der Waals surface area contributed by atoms with Crippen LogP contribution in [-0.4, -0.2) is 36.6 Å². The molecule has 0 heterocycles. The fourth-order valence-corrected chi connectivity index (χ4v) is 1.79. The van der Waals surface area contributed by atoms with Gasteiger partial charge in [0.2, 0.25) is 0 Å². The number of nitrogens with zero attached hydrogens (tertiary/aromatic N) is 1. The first-order valence-corrected chi connectivity index (χ1v) is 6.31. The van der Waals surface area contributed by atoms with Crippen LogP contribution in [0.25, 0.3) is 0 Å². The predicted octanol–water partition coefficient (Wildman–Crippen LogP) is 2.30. The van der Waals surface area contributed by atoms with Gasteiger partial charge in [0, 0.05) is 19.7 Å². The van der Waals surface area contributed by atoms with E-state index in [1.165, 1.54) is 12.8 Å². The second kappa shape index (κ2) is 5.67. The summed E-state index contributed by atoms with van der Waals surface area (Å²) >= 11 is 0. The zero-order chi connectivity index (χ0) is 12.3. The molecule has 0 unspecified atom stereocenters. The molecular formula is C13H25NO2. The van der Waals surface area contributed by atoms with Gasteiger partial charge in [-0.3, -0.25) is 4.79 Å². The molecule has 0 spiro atoms. The van der Waals surface area contributed by atoms with E-state index in [2.05, 4.69) is 20.8 Å². The molecule has 0 aliphatic heterocycles. The summed E-state index contributed by atoms with van der Waals surface area (Å²) in [6.07, 6.45) is 2.22. The van der Waals surface area contributed by atoms with E-state index in [0.29, 0.717) is 24.5 Å². The average molecular weight is 227 g/mol. The fraction of sp³-hybridized carbons (Fsp3) is 0.923. The monoisotopic (exact) mass is 227 g/mol. The van der Waals surface area contributed by atoms with Gasteiger partial charge < -0.3 is 9.64 Å². The molecular weight excluding hydrogens is 202 g/mol. The maximum atomic E-state index is 12.0. The van der Waals surface area contributed by atoms with E-state index < -0.39 is 0 Å². The van der Waals surface area contributed by atoms with Crippen molar-refractivity contribution in [3.05, 3.63) is 0 Å². The Morgan fingerprint density at radius 1 is 1.31 bits per heavy atom. The number of hydrogen-bond donors (Lipinski definition) is 0. The molecule has 3 heteroatoms. The third kappa shape index (κ3) is 3.78. The van der Waals surface area contributed by atoms with E-state index in [1.54, 1.807) is 0 Å². The molecule has 0 radical (unpaired) electrons. The molecule has 0 aromatic rings. The van der Waals surface area contributed by atoms with Crippen LogP contribution in [0.2, 0.25) is 0 Å². The summed E-state index contributed by atoms with van der Waals surface area (Å²) in [6.45, 7) is 8.81. The standard InChI is InChI=1S/C13H25NO2/c1-9(2)8-16-11(4)13(15)14(5)10(3)12-6-7-12/h9-12H,6-8H2,1-5H3/t10-,11-/m0/s1. The Balaban J connectivity index is 2.36. The largest absolute Gasteiger partial charge is 0.368 e. The fourth-order valence-electron chi connectivity index (χ4n) is 1.79. The van der Waals surface area contributed by atoms with E-state index in [9.17, 15) is 4.79 Å². The molecule has 2 atom stereocenters. The summed E-state index contributed by atoms with van der Waals surface area (Å²) in [5, 5.41) is 0. The summed E-state index contributed by atoms with van der Waals surface area (Å²) in [7, 11) is 1.89. The normalized spacial score (nSPS) is 19.6. The van der Waals surface area contributed by atoms with Crippen molar-refractivity contribution in [2.75, 3.05) is 13.7 Å². The van der Waals surface area contributed by atoms with Crippen molar-refractivity contribution >= 4 is 5.91 Å². The summed E-state index contributed by atoms with van der Waals surface area (Å²) in [6, 6.07) is 0.359. The quantitative estimate of drug-likeness (QED) is 0.697. The number of amides is 1. The minimum absolute atomic E-state index is 0.111. The zero-order valence-electron chi connectivity index (χ0n) is 11.2. The maximum Gasteiger partial charge on any atom is 0.251 e. The second-order valence-corrected chi connectivity index (χ2v) is 5.40. The molecule has 1 aliphatic rings. The highest BCUT2D eigenvalue weighted by atomic mass is 16.5. The van der Waals surface area contributed by atoms with Crippen molar-refractivity contribution in [1.82, 2.24) is 4.90 Å². The van der Waals surface area contributed by atoms with E-state index in [1.807, 2.05) is 18.9 Å².